The third-order valence-electron chi connectivity index (χ3n) is 3.66. The third kappa shape index (κ3) is 0.969. The lowest BCUT2D eigenvalue weighted by Gasteiger charge is -2.29. The zero-order valence-electron chi connectivity index (χ0n) is 8.03. The van der Waals surface area contributed by atoms with Gasteiger partial charge in [0.15, 0.2) is 0 Å². The highest BCUT2D eigenvalue weighted by molar-refractivity contribution is 5.39. The predicted molar refractivity (Wildman–Crippen MR) is 53.8 cm³/mol. The smallest absolute Gasteiger partial charge is 0.0353 e. The molecule has 1 aliphatic carbocycles. The van der Waals surface area contributed by atoms with E-state index in [0.717, 1.165) is 12.0 Å². The molecule has 0 saturated carbocycles. The van der Waals surface area contributed by atoms with Crippen LogP contribution in [0.2, 0.25) is 0 Å². The molecule has 0 amide bonds. The summed E-state index contributed by atoms with van der Waals surface area (Å²) in [5.74, 6) is 0.859. The Balaban J connectivity index is 2.13. The Kier molecular flexibility index (Phi) is 1.50. The van der Waals surface area contributed by atoms with Crippen molar-refractivity contribution < 1.29 is 0 Å². The van der Waals surface area contributed by atoms with E-state index in [4.69, 9.17) is 0 Å². The monoisotopic (exact) mass is 173 g/mol. The first kappa shape index (κ1) is 7.57. The first-order valence-corrected chi connectivity index (χ1v) is 5.15. The van der Waals surface area contributed by atoms with Crippen LogP contribution in [0.4, 0.5) is 0 Å². The van der Waals surface area contributed by atoms with Crippen LogP contribution in [-0.4, -0.2) is 18.5 Å². The second-order valence-electron chi connectivity index (χ2n) is 4.35. The summed E-state index contributed by atoms with van der Waals surface area (Å²) >= 11 is 0. The van der Waals surface area contributed by atoms with E-state index in [0.29, 0.717) is 0 Å². The minimum Gasteiger partial charge on any atom is -0.299 e. The van der Waals surface area contributed by atoms with Crippen molar-refractivity contribution in [1.82, 2.24) is 4.90 Å². The molecule has 2 atom stereocenters. The van der Waals surface area contributed by atoms with Crippen LogP contribution in [0.3, 0.4) is 0 Å². The van der Waals surface area contributed by atoms with Gasteiger partial charge in [0.25, 0.3) is 0 Å². The molecule has 0 N–H and O–H groups in total. The molecule has 0 aromatic heterocycles. The van der Waals surface area contributed by atoms with Crippen molar-refractivity contribution in [2.75, 3.05) is 13.6 Å². The number of benzene rings is 1. The Labute approximate surface area is 79.4 Å². The summed E-state index contributed by atoms with van der Waals surface area (Å²) in [4.78, 5) is 2.50. The molecule has 68 valence electrons. The zero-order valence-corrected chi connectivity index (χ0v) is 8.03. The van der Waals surface area contributed by atoms with Crippen LogP contribution < -0.4 is 0 Å². The van der Waals surface area contributed by atoms with Crippen LogP contribution in [0.25, 0.3) is 0 Å². The van der Waals surface area contributed by atoms with Gasteiger partial charge < -0.3 is 0 Å². The molecule has 1 heterocycles. The second-order valence-corrected chi connectivity index (χ2v) is 4.35. The van der Waals surface area contributed by atoms with E-state index in [1.54, 1.807) is 11.1 Å². The Morgan fingerprint density at radius 2 is 2.00 bits per heavy atom. The van der Waals surface area contributed by atoms with Gasteiger partial charge in [0, 0.05) is 6.04 Å². The molecule has 1 heteroatoms. The highest BCUT2D eigenvalue weighted by atomic mass is 15.1. The maximum atomic E-state index is 2.50. The van der Waals surface area contributed by atoms with Gasteiger partial charge in [-0.05, 0) is 43.5 Å². The summed E-state index contributed by atoms with van der Waals surface area (Å²) in [6.45, 7) is 1.27. The standard InChI is InChI=1S/C12H15N/c1-13-7-6-9-8-12(13)11-5-3-2-4-10(9)11/h2-5,9,12H,6-8H2,1H3. The molecular weight excluding hydrogens is 158 g/mol. The Hall–Kier alpha value is -0.820. The number of piperidine rings is 1. The van der Waals surface area contributed by atoms with Crippen molar-refractivity contribution in [2.24, 2.45) is 0 Å². The lowest BCUT2D eigenvalue weighted by molar-refractivity contribution is 0.192. The second kappa shape index (κ2) is 2.58. The van der Waals surface area contributed by atoms with Gasteiger partial charge in [-0.25, -0.2) is 0 Å². The molecule has 1 fully saturated rings. The molecule has 1 aliphatic heterocycles. The van der Waals surface area contributed by atoms with Gasteiger partial charge in [-0.1, -0.05) is 24.3 Å². The molecule has 1 aromatic carbocycles. The molecule has 2 bridgehead atoms. The molecule has 2 aliphatic rings. The zero-order chi connectivity index (χ0) is 8.84. The number of rotatable bonds is 0. The molecule has 1 saturated heterocycles. The number of hydrogen-bond acceptors (Lipinski definition) is 1. The average molecular weight is 173 g/mol. The van der Waals surface area contributed by atoms with Crippen molar-refractivity contribution in [2.45, 2.75) is 24.8 Å². The largest absolute Gasteiger partial charge is 0.299 e. The Morgan fingerprint density at radius 3 is 2.85 bits per heavy atom. The van der Waals surface area contributed by atoms with E-state index in [9.17, 15) is 0 Å². The van der Waals surface area contributed by atoms with Crippen LogP contribution in [0, 0.1) is 0 Å². The van der Waals surface area contributed by atoms with Crippen LogP contribution >= 0.6 is 0 Å². The van der Waals surface area contributed by atoms with Crippen molar-refractivity contribution in [3.63, 3.8) is 0 Å². The van der Waals surface area contributed by atoms with Crippen LogP contribution in [0.15, 0.2) is 24.3 Å². The number of hydrogen-bond donors (Lipinski definition) is 0. The minimum absolute atomic E-state index is 0.718. The van der Waals surface area contributed by atoms with Gasteiger partial charge in [-0.3, -0.25) is 4.90 Å². The average Bonchev–Trinajstić information content (AvgIpc) is 2.48. The lowest BCUT2D eigenvalue weighted by Crippen LogP contribution is -2.28. The van der Waals surface area contributed by atoms with Crippen molar-refractivity contribution in [3.05, 3.63) is 35.4 Å². The van der Waals surface area contributed by atoms with Gasteiger partial charge in [-0.15, -0.1) is 0 Å². The normalized spacial score (nSPS) is 31.8. The van der Waals surface area contributed by atoms with Crippen molar-refractivity contribution in [3.8, 4) is 0 Å². The minimum atomic E-state index is 0.718. The summed E-state index contributed by atoms with van der Waals surface area (Å²) < 4.78 is 0. The predicted octanol–water partition coefficient (Wildman–Crippen LogP) is 2.55. The van der Waals surface area contributed by atoms with Crippen molar-refractivity contribution in [1.29, 1.82) is 0 Å². The van der Waals surface area contributed by atoms with E-state index in [1.807, 2.05) is 0 Å². The van der Waals surface area contributed by atoms with Gasteiger partial charge in [0.2, 0.25) is 0 Å². The van der Waals surface area contributed by atoms with Gasteiger partial charge in [0.1, 0.15) is 0 Å². The maximum Gasteiger partial charge on any atom is 0.0353 e. The fraction of sp³-hybridized carbons (Fsp3) is 0.500. The van der Waals surface area contributed by atoms with E-state index in [1.165, 1.54) is 19.4 Å². The fourth-order valence-corrected chi connectivity index (χ4v) is 2.92. The molecule has 13 heavy (non-hydrogen) atoms. The van der Waals surface area contributed by atoms with E-state index in [2.05, 4.69) is 36.2 Å². The fourth-order valence-electron chi connectivity index (χ4n) is 2.92. The highest BCUT2D eigenvalue weighted by Gasteiger charge is 2.36. The molecule has 3 rings (SSSR count). The van der Waals surface area contributed by atoms with Gasteiger partial charge in [0.05, 0.1) is 0 Å². The number of nitrogens with zero attached hydrogens (tertiary/aromatic N) is 1. The molecule has 0 spiro atoms. The summed E-state index contributed by atoms with van der Waals surface area (Å²) in [5, 5.41) is 0. The summed E-state index contributed by atoms with van der Waals surface area (Å²) in [5.41, 5.74) is 3.21. The summed E-state index contributed by atoms with van der Waals surface area (Å²) in [6.07, 6.45) is 2.71. The van der Waals surface area contributed by atoms with Crippen LogP contribution in [-0.2, 0) is 0 Å². The van der Waals surface area contributed by atoms with Gasteiger partial charge >= 0.3 is 0 Å². The first-order valence-electron chi connectivity index (χ1n) is 5.15. The molecule has 1 aromatic rings. The van der Waals surface area contributed by atoms with E-state index < -0.39 is 0 Å². The first-order chi connectivity index (χ1) is 6.36. The number of fused-ring (bicyclic) bond motifs is 5. The van der Waals surface area contributed by atoms with Crippen LogP contribution in [0.5, 0.6) is 0 Å². The van der Waals surface area contributed by atoms with Gasteiger partial charge in [-0.2, -0.15) is 0 Å². The summed E-state index contributed by atoms with van der Waals surface area (Å²) in [7, 11) is 2.25. The highest BCUT2D eigenvalue weighted by Crippen LogP contribution is 2.47. The third-order valence-corrected chi connectivity index (χ3v) is 3.66. The SMILES string of the molecule is CN1CCC2CC1c1ccccc12. The molecular formula is C12H15N. The molecule has 1 nitrogen and oxygen atoms in total. The molecule has 0 radical (unpaired) electrons. The molecule has 2 unspecified atom stereocenters. The van der Waals surface area contributed by atoms with E-state index in [-0.39, 0.29) is 0 Å². The summed E-state index contributed by atoms with van der Waals surface area (Å²) in [6, 6.07) is 9.70. The maximum absolute atomic E-state index is 2.50. The Morgan fingerprint density at radius 1 is 1.23 bits per heavy atom. The van der Waals surface area contributed by atoms with Crippen LogP contribution in [0.1, 0.15) is 35.9 Å². The van der Waals surface area contributed by atoms with E-state index >= 15 is 0 Å². The van der Waals surface area contributed by atoms with Crippen molar-refractivity contribution >= 4 is 0 Å². The lowest BCUT2D eigenvalue weighted by atomic mass is 9.96. The number of likely N-dealkylation sites (tertiary alicyclic amines) is 1. The Bertz CT molecular complexity index is 332. The quantitative estimate of drug-likeness (QED) is 0.582. The topological polar surface area (TPSA) is 3.24 Å².